The molecule has 0 bridgehead atoms. The minimum absolute atomic E-state index is 0.196. The molecule has 3 rings (SSSR count). The van der Waals surface area contributed by atoms with Crippen LogP contribution in [0.3, 0.4) is 0 Å². The van der Waals surface area contributed by atoms with E-state index in [1.54, 1.807) is 31.2 Å². The van der Waals surface area contributed by atoms with Crippen molar-refractivity contribution in [3.8, 4) is 0 Å². The number of benzene rings is 1. The fourth-order valence-corrected chi connectivity index (χ4v) is 3.14. The van der Waals surface area contributed by atoms with Crippen molar-refractivity contribution in [3.63, 3.8) is 0 Å². The molecule has 1 saturated heterocycles. The average Bonchev–Trinajstić information content (AvgIpc) is 2.96. The van der Waals surface area contributed by atoms with Crippen molar-refractivity contribution in [2.75, 3.05) is 37.4 Å². The van der Waals surface area contributed by atoms with Gasteiger partial charge in [-0.15, -0.1) is 0 Å². The summed E-state index contributed by atoms with van der Waals surface area (Å²) in [5, 5.41) is 16.2. The number of thiocarbonyl (C=S) groups is 1. The molecule has 1 aromatic carbocycles. The molecule has 0 aromatic heterocycles. The molecule has 1 unspecified atom stereocenters. The highest BCUT2D eigenvalue weighted by Gasteiger charge is 2.32. The Labute approximate surface area is 180 Å². The zero-order chi connectivity index (χ0) is 21.8. The largest absolute Gasteiger partial charge is 0.442 e. The number of amides is 1. The molecular weight excluding hydrogens is 407 g/mol. The van der Waals surface area contributed by atoms with Crippen LogP contribution in [0.2, 0.25) is 0 Å². The number of ether oxygens (including phenoxy) is 1. The summed E-state index contributed by atoms with van der Waals surface area (Å²) in [4.78, 5) is 16.1. The van der Waals surface area contributed by atoms with Crippen LogP contribution in [-0.2, 0) is 4.74 Å². The van der Waals surface area contributed by atoms with Gasteiger partial charge in [-0.1, -0.05) is 12.2 Å². The van der Waals surface area contributed by atoms with E-state index in [4.69, 9.17) is 17.0 Å². The number of anilines is 2. The van der Waals surface area contributed by atoms with E-state index in [1.165, 1.54) is 17.0 Å². The molecule has 0 radical (unpaired) electrons. The number of aliphatic hydroxyl groups excluding tert-OH is 1. The number of hydrogen-bond donors (Lipinski definition) is 3. The third-order valence-corrected chi connectivity index (χ3v) is 4.86. The highest BCUT2D eigenvalue weighted by Crippen LogP contribution is 2.27. The summed E-state index contributed by atoms with van der Waals surface area (Å²) in [5.41, 5.74) is 1.94. The van der Waals surface area contributed by atoms with Crippen molar-refractivity contribution < 1.29 is 19.0 Å². The van der Waals surface area contributed by atoms with Crippen LogP contribution in [0.4, 0.5) is 20.6 Å². The Bertz CT molecular complexity index is 929. The average molecular weight is 433 g/mol. The van der Waals surface area contributed by atoms with Gasteiger partial charge in [-0.05, 0) is 49.4 Å². The molecule has 1 heterocycles. The first-order valence-corrected chi connectivity index (χ1v) is 9.90. The molecule has 7 nitrogen and oxygen atoms in total. The maximum atomic E-state index is 14.7. The summed E-state index contributed by atoms with van der Waals surface area (Å²) in [7, 11) is 3.79. The number of halogens is 1. The van der Waals surface area contributed by atoms with Gasteiger partial charge in [0.1, 0.15) is 18.0 Å². The second-order valence-corrected chi connectivity index (χ2v) is 7.87. The summed E-state index contributed by atoms with van der Waals surface area (Å²) < 4.78 is 20.0. The lowest BCUT2D eigenvalue weighted by Gasteiger charge is -2.17. The fraction of sp³-hybridized carbons (Fsp3) is 0.333. The van der Waals surface area contributed by atoms with Crippen molar-refractivity contribution in [3.05, 3.63) is 59.7 Å². The molecule has 0 spiro atoms. The minimum atomic E-state index is -0.899. The molecule has 1 aliphatic heterocycles. The summed E-state index contributed by atoms with van der Waals surface area (Å²) in [6.45, 7) is 2.45. The quantitative estimate of drug-likeness (QED) is 0.597. The molecule has 1 aliphatic carbocycles. The molecule has 3 N–H and O–H groups in total. The molecule has 1 fully saturated rings. The molecule has 2 atom stereocenters. The van der Waals surface area contributed by atoms with Gasteiger partial charge >= 0.3 is 6.09 Å². The first kappa shape index (κ1) is 21.8. The second kappa shape index (κ2) is 9.27. The number of nitrogens with one attached hydrogen (secondary N) is 2. The van der Waals surface area contributed by atoms with Crippen molar-refractivity contribution in [1.82, 2.24) is 10.2 Å². The van der Waals surface area contributed by atoms with Crippen LogP contribution in [0.1, 0.15) is 6.92 Å². The van der Waals surface area contributed by atoms with Crippen molar-refractivity contribution >= 4 is 34.7 Å². The first-order valence-electron chi connectivity index (χ1n) is 9.49. The van der Waals surface area contributed by atoms with E-state index in [0.29, 0.717) is 29.5 Å². The van der Waals surface area contributed by atoms with E-state index in [9.17, 15) is 14.3 Å². The van der Waals surface area contributed by atoms with E-state index in [0.717, 1.165) is 5.70 Å². The number of likely N-dealkylation sites (N-methyl/N-ethyl adjacent to an activating group) is 1. The van der Waals surface area contributed by atoms with Crippen LogP contribution < -0.4 is 15.5 Å². The number of carbonyl (C=O) groups excluding carboxylic acids is 1. The molecule has 1 aromatic rings. The zero-order valence-corrected chi connectivity index (χ0v) is 17.9. The van der Waals surface area contributed by atoms with E-state index >= 15 is 0 Å². The standard InChI is InChI=1S/C21H25FN4O3S/c1-13(30)23-11-16-12-26(21(28)29-16)15-5-7-18(17(22)10-15)24-19-8-4-14(25(2)3)6-9-20(19)27/h4-10,16,20,24,27H,11-12H2,1-3H3,(H,23,30)/t16-,20?/m0/s1. The normalized spacial score (nSPS) is 20.8. The molecule has 0 saturated carbocycles. The predicted molar refractivity (Wildman–Crippen MR) is 119 cm³/mol. The number of nitrogens with zero attached hydrogens (tertiary/aromatic N) is 2. The van der Waals surface area contributed by atoms with Crippen LogP contribution in [0, 0.1) is 5.82 Å². The van der Waals surface area contributed by atoms with E-state index in [1.807, 2.05) is 25.1 Å². The Hall–Kier alpha value is -2.91. The molecule has 1 amide bonds. The Kier molecular flexibility index (Phi) is 6.73. The van der Waals surface area contributed by atoms with Crippen LogP contribution in [0.5, 0.6) is 0 Å². The summed E-state index contributed by atoms with van der Waals surface area (Å²) >= 11 is 4.96. The minimum Gasteiger partial charge on any atom is -0.442 e. The Morgan fingerprint density at radius 3 is 2.83 bits per heavy atom. The van der Waals surface area contributed by atoms with E-state index < -0.39 is 18.0 Å². The summed E-state index contributed by atoms with van der Waals surface area (Å²) in [6, 6.07) is 4.43. The third-order valence-electron chi connectivity index (χ3n) is 4.71. The van der Waals surface area contributed by atoms with Gasteiger partial charge in [0.25, 0.3) is 0 Å². The lowest BCUT2D eigenvalue weighted by Crippen LogP contribution is -2.32. The monoisotopic (exact) mass is 432 g/mol. The van der Waals surface area contributed by atoms with Gasteiger partial charge in [-0.25, -0.2) is 9.18 Å². The topological polar surface area (TPSA) is 77.1 Å². The maximum Gasteiger partial charge on any atom is 0.414 e. The van der Waals surface area contributed by atoms with Crippen molar-refractivity contribution in [1.29, 1.82) is 0 Å². The van der Waals surface area contributed by atoms with Crippen LogP contribution >= 0.6 is 12.2 Å². The highest BCUT2D eigenvalue weighted by molar-refractivity contribution is 7.80. The van der Waals surface area contributed by atoms with Gasteiger partial charge in [0.2, 0.25) is 0 Å². The van der Waals surface area contributed by atoms with Crippen LogP contribution in [-0.4, -0.2) is 60.5 Å². The van der Waals surface area contributed by atoms with Crippen molar-refractivity contribution in [2.24, 2.45) is 0 Å². The number of hydrogen-bond acceptors (Lipinski definition) is 6. The van der Waals surface area contributed by atoms with Gasteiger partial charge in [0.15, 0.2) is 0 Å². The molecule has 30 heavy (non-hydrogen) atoms. The van der Waals surface area contributed by atoms with Gasteiger partial charge in [-0.3, -0.25) is 4.90 Å². The highest BCUT2D eigenvalue weighted by atomic mass is 32.1. The van der Waals surface area contributed by atoms with Crippen LogP contribution in [0.25, 0.3) is 0 Å². The van der Waals surface area contributed by atoms with Crippen LogP contribution in [0.15, 0.2) is 53.9 Å². The third kappa shape index (κ3) is 5.17. The molecule has 2 aliphatic rings. The van der Waals surface area contributed by atoms with Crippen molar-refractivity contribution in [2.45, 2.75) is 19.1 Å². The SMILES string of the molecule is CC(=S)NC[C@H]1CN(c2ccc(NC3=CC=C(N(C)C)C=CC3O)c(F)c2)C(=O)O1. The fourth-order valence-electron chi connectivity index (χ4n) is 3.06. The lowest BCUT2D eigenvalue weighted by molar-refractivity contribution is 0.143. The van der Waals surface area contributed by atoms with Gasteiger partial charge in [0.05, 0.1) is 29.5 Å². The molecule has 9 heteroatoms. The lowest BCUT2D eigenvalue weighted by atomic mass is 10.2. The smallest absolute Gasteiger partial charge is 0.414 e. The van der Waals surface area contributed by atoms with E-state index in [-0.39, 0.29) is 11.8 Å². The molecule has 160 valence electrons. The van der Waals surface area contributed by atoms with E-state index in [2.05, 4.69) is 10.6 Å². The number of aliphatic hydroxyl groups is 1. The number of allylic oxidation sites excluding steroid dienone is 3. The summed E-state index contributed by atoms with van der Waals surface area (Å²) in [5.74, 6) is -0.547. The maximum absolute atomic E-state index is 14.7. The van der Waals surface area contributed by atoms with Gasteiger partial charge < -0.3 is 25.4 Å². The Balaban J connectivity index is 1.72. The zero-order valence-electron chi connectivity index (χ0n) is 17.1. The predicted octanol–water partition coefficient (Wildman–Crippen LogP) is 2.76. The van der Waals surface area contributed by atoms with Gasteiger partial charge in [-0.2, -0.15) is 0 Å². The first-order chi connectivity index (χ1) is 14.2. The Morgan fingerprint density at radius 2 is 2.17 bits per heavy atom. The second-order valence-electron chi connectivity index (χ2n) is 7.25. The number of rotatable bonds is 6. The summed E-state index contributed by atoms with van der Waals surface area (Å²) in [6.07, 6.45) is 5.16. The Morgan fingerprint density at radius 1 is 1.40 bits per heavy atom. The number of cyclic esters (lactones) is 1. The van der Waals surface area contributed by atoms with Gasteiger partial charge in [0, 0.05) is 25.5 Å². The molecular formula is C21H25FN4O3S. The number of carbonyl (C=O) groups is 1.